The van der Waals surface area contributed by atoms with Crippen LogP contribution >= 0.6 is 15.9 Å². The van der Waals surface area contributed by atoms with Crippen molar-refractivity contribution in [1.82, 2.24) is 0 Å². The second-order valence-electron chi connectivity index (χ2n) is 5.07. The molecule has 1 nitrogen and oxygen atoms in total. The monoisotopic (exact) mass is 317 g/mol. The number of anilines is 1. The summed E-state index contributed by atoms with van der Waals surface area (Å²) in [5.74, 6) is -0.362. The molecule has 0 radical (unpaired) electrons. The minimum atomic E-state index is -0.468. The van der Waals surface area contributed by atoms with Crippen LogP contribution in [-0.2, 0) is 5.33 Å². The van der Waals surface area contributed by atoms with Gasteiger partial charge in [0.15, 0.2) is 0 Å². The standard InChI is InChI=1S/C14H18BrF2N/c1-18(9-10-4-2-3-5-10)14-12(16)6-11(8-15)7-13(14)17/h6-7,10H,2-5,8-9H2,1H3. The van der Waals surface area contributed by atoms with Crippen molar-refractivity contribution in [2.75, 3.05) is 18.5 Å². The molecule has 1 aliphatic carbocycles. The first-order valence-electron chi connectivity index (χ1n) is 6.37. The number of rotatable bonds is 4. The highest BCUT2D eigenvalue weighted by Crippen LogP contribution is 2.30. The Morgan fingerprint density at radius 1 is 1.22 bits per heavy atom. The molecule has 2 rings (SSSR count). The van der Waals surface area contributed by atoms with Crippen LogP contribution in [0.4, 0.5) is 14.5 Å². The van der Waals surface area contributed by atoms with Crippen LogP contribution < -0.4 is 4.90 Å². The zero-order chi connectivity index (χ0) is 13.1. The third-order valence-corrected chi connectivity index (χ3v) is 4.27. The van der Waals surface area contributed by atoms with Crippen LogP contribution in [0.2, 0.25) is 0 Å². The fourth-order valence-corrected chi connectivity index (χ4v) is 3.06. The SMILES string of the molecule is CN(CC1CCCC1)c1c(F)cc(CBr)cc1F. The lowest BCUT2D eigenvalue weighted by molar-refractivity contribution is 0.524. The van der Waals surface area contributed by atoms with E-state index >= 15 is 0 Å². The van der Waals surface area contributed by atoms with Crippen molar-refractivity contribution in [3.05, 3.63) is 29.3 Å². The Hall–Kier alpha value is -0.640. The van der Waals surface area contributed by atoms with Crippen LogP contribution in [0, 0.1) is 17.6 Å². The van der Waals surface area contributed by atoms with E-state index in [-0.39, 0.29) is 5.69 Å². The summed E-state index contributed by atoms with van der Waals surface area (Å²) < 4.78 is 27.8. The minimum absolute atomic E-state index is 0.103. The molecular formula is C14H18BrF2N. The van der Waals surface area contributed by atoms with E-state index in [0.717, 1.165) is 6.54 Å². The van der Waals surface area contributed by atoms with Gasteiger partial charge in [-0.3, -0.25) is 0 Å². The van der Waals surface area contributed by atoms with Crippen molar-refractivity contribution in [1.29, 1.82) is 0 Å². The van der Waals surface area contributed by atoms with E-state index in [1.165, 1.54) is 37.8 Å². The van der Waals surface area contributed by atoms with Gasteiger partial charge in [0, 0.05) is 18.9 Å². The molecule has 4 heteroatoms. The molecule has 0 amide bonds. The zero-order valence-corrected chi connectivity index (χ0v) is 12.1. The average molecular weight is 318 g/mol. The number of alkyl halides is 1. The van der Waals surface area contributed by atoms with Crippen molar-refractivity contribution in [3.8, 4) is 0 Å². The van der Waals surface area contributed by atoms with Gasteiger partial charge in [0.2, 0.25) is 0 Å². The van der Waals surface area contributed by atoms with E-state index in [1.54, 1.807) is 11.9 Å². The van der Waals surface area contributed by atoms with E-state index in [0.29, 0.717) is 16.8 Å². The predicted molar refractivity (Wildman–Crippen MR) is 74.2 cm³/mol. The van der Waals surface area contributed by atoms with Crippen molar-refractivity contribution in [2.45, 2.75) is 31.0 Å². The summed E-state index contributed by atoms with van der Waals surface area (Å²) in [6.07, 6.45) is 4.83. The molecule has 1 fully saturated rings. The second-order valence-corrected chi connectivity index (χ2v) is 5.63. The number of hydrogen-bond donors (Lipinski definition) is 0. The highest BCUT2D eigenvalue weighted by molar-refractivity contribution is 9.08. The van der Waals surface area contributed by atoms with Crippen molar-refractivity contribution in [2.24, 2.45) is 5.92 Å². The van der Waals surface area contributed by atoms with Crippen LogP contribution in [0.15, 0.2) is 12.1 Å². The van der Waals surface area contributed by atoms with Crippen LogP contribution in [0.3, 0.4) is 0 Å². The molecule has 18 heavy (non-hydrogen) atoms. The molecule has 0 atom stereocenters. The Balaban J connectivity index is 2.15. The molecule has 0 spiro atoms. The molecular weight excluding hydrogens is 300 g/mol. The summed E-state index contributed by atoms with van der Waals surface area (Å²) >= 11 is 3.21. The van der Waals surface area contributed by atoms with Crippen molar-refractivity contribution < 1.29 is 8.78 Å². The molecule has 0 aromatic heterocycles. The van der Waals surface area contributed by atoms with Gasteiger partial charge in [-0.25, -0.2) is 8.78 Å². The lowest BCUT2D eigenvalue weighted by atomic mass is 10.1. The summed E-state index contributed by atoms with van der Waals surface area (Å²) in [5, 5.41) is 0.466. The number of nitrogens with zero attached hydrogens (tertiary/aromatic N) is 1. The van der Waals surface area contributed by atoms with Crippen molar-refractivity contribution >= 4 is 21.6 Å². The Labute approximate surface area is 115 Å². The molecule has 0 unspecified atom stereocenters. The quantitative estimate of drug-likeness (QED) is 0.740. The molecule has 100 valence electrons. The highest BCUT2D eigenvalue weighted by Gasteiger charge is 2.21. The van der Waals surface area contributed by atoms with Gasteiger partial charge in [0.05, 0.1) is 0 Å². The lowest BCUT2D eigenvalue weighted by Crippen LogP contribution is -2.26. The summed E-state index contributed by atoms with van der Waals surface area (Å²) in [6, 6.07) is 2.80. The van der Waals surface area contributed by atoms with Gasteiger partial charge in [0.1, 0.15) is 17.3 Å². The third kappa shape index (κ3) is 3.02. The van der Waals surface area contributed by atoms with E-state index < -0.39 is 11.6 Å². The Kier molecular flexibility index (Phi) is 4.60. The Morgan fingerprint density at radius 2 is 1.78 bits per heavy atom. The van der Waals surface area contributed by atoms with Gasteiger partial charge in [-0.15, -0.1) is 0 Å². The highest BCUT2D eigenvalue weighted by atomic mass is 79.9. The fraction of sp³-hybridized carbons (Fsp3) is 0.571. The molecule has 1 aliphatic rings. The first-order valence-corrected chi connectivity index (χ1v) is 7.49. The largest absolute Gasteiger partial charge is 0.370 e. The first kappa shape index (κ1) is 13.8. The number of hydrogen-bond acceptors (Lipinski definition) is 1. The summed E-state index contributed by atoms with van der Waals surface area (Å²) in [4.78, 5) is 1.72. The topological polar surface area (TPSA) is 3.24 Å². The Bertz CT molecular complexity index is 393. The van der Waals surface area contributed by atoms with Gasteiger partial charge >= 0.3 is 0 Å². The molecule has 1 saturated carbocycles. The normalized spacial score (nSPS) is 16.2. The van der Waals surface area contributed by atoms with E-state index in [4.69, 9.17) is 0 Å². The smallest absolute Gasteiger partial charge is 0.149 e. The van der Waals surface area contributed by atoms with Crippen molar-refractivity contribution in [3.63, 3.8) is 0 Å². The van der Waals surface area contributed by atoms with Gasteiger partial charge in [-0.05, 0) is 36.5 Å². The maximum atomic E-state index is 13.9. The van der Waals surface area contributed by atoms with E-state index in [2.05, 4.69) is 15.9 Å². The average Bonchev–Trinajstić information content (AvgIpc) is 2.80. The molecule has 0 heterocycles. The second kappa shape index (κ2) is 6.00. The summed E-state index contributed by atoms with van der Waals surface area (Å²) in [6.45, 7) is 0.738. The maximum absolute atomic E-state index is 13.9. The van der Waals surface area contributed by atoms with Gasteiger partial charge < -0.3 is 4.90 Å². The van der Waals surface area contributed by atoms with Gasteiger partial charge in [0.25, 0.3) is 0 Å². The fourth-order valence-electron chi connectivity index (χ4n) is 2.73. The van der Waals surface area contributed by atoms with E-state index in [1.807, 2.05) is 0 Å². The van der Waals surface area contributed by atoms with Crippen LogP contribution in [0.25, 0.3) is 0 Å². The maximum Gasteiger partial charge on any atom is 0.149 e. The van der Waals surface area contributed by atoms with Crippen LogP contribution in [0.5, 0.6) is 0 Å². The molecule has 0 aliphatic heterocycles. The number of benzene rings is 1. The lowest BCUT2D eigenvalue weighted by Gasteiger charge is -2.24. The first-order chi connectivity index (χ1) is 8.61. The minimum Gasteiger partial charge on any atom is -0.370 e. The third-order valence-electron chi connectivity index (χ3n) is 3.62. The molecule has 1 aromatic rings. The molecule has 1 aromatic carbocycles. The van der Waals surface area contributed by atoms with Crippen LogP contribution in [0.1, 0.15) is 31.2 Å². The summed E-state index contributed by atoms with van der Waals surface area (Å²) in [5.41, 5.74) is 0.731. The van der Waals surface area contributed by atoms with E-state index in [9.17, 15) is 8.78 Å². The van der Waals surface area contributed by atoms with Gasteiger partial charge in [-0.2, -0.15) is 0 Å². The summed E-state index contributed by atoms with van der Waals surface area (Å²) in [7, 11) is 1.77. The van der Waals surface area contributed by atoms with Crippen LogP contribution in [-0.4, -0.2) is 13.6 Å². The van der Waals surface area contributed by atoms with Gasteiger partial charge in [-0.1, -0.05) is 28.8 Å². The molecule has 0 saturated heterocycles. The Morgan fingerprint density at radius 3 is 2.28 bits per heavy atom. The zero-order valence-electron chi connectivity index (χ0n) is 10.6. The molecule has 0 N–H and O–H groups in total. The predicted octanol–water partition coefficient (Wildman–Crippen LogP) is 4.49. The molecule has 0 bridgehead atoms. The number of halogens is 3.